The number of halogens is 2. The lowest BCUT2D eigenvalue weighted by Crippen LogP contribution is -2.34. The average molecular weight is 403 g/mol. The van der Waals surface area contributed by atoms with E-state index in [1.54, 1.807) is 18.2 Å². The van der Waals surface area contributed by atoms with Gasteiger partial charge in [0.15, 0.2) is 0 Å². The third kappa shape index (κ3) is 5.74. The highest BCUT2D eigenvalue weighted by Gasteiger charge is 2.31. The molecule has 0 radical (unpaired) electrons. The average Bonchev–Trinajstić information content (AvgIpc) is 3.48. The SMILES string of the molecule is COc1ccc(NC(C)=O)cc1NC(=O)CN(Cc1ccc(F)cc1F)C1CC1. The first-order valence-corrected chi connectivity index (χ1v) is 9.29. The lowest BCUT2D eigenvalue weighted by molar-refractivity contribution is -0.117. The monoisotopic (exact) mass is 403 g/mol. The largest absolute Gasteiger partial charge is 0.495 e. The van der Waals surface area contributed by atoms with E-state index in [1.807, 2.05) is 4.90 Å². The molecule has 1 saturated carbocycles. The van der Waals surface area contributed by atoms with Crippen LogP contribution in [0.4, 0.5) is 20.2 Å². The maximum atomic E-state index is 14.0. The van der Waals surface area contributed by atoms with Gasteiger partial charge in [0.1, 0.15) is 17.4 Å². The Hall–Kier alpha value is -3.00. The van der Waals surface area contributed by atoms with Gasteiger partial charge in [-0.15, -0.1) is 0 Å². The molecule has 0 saturated heterocycles. The van der Waals surface area contributed by atoms with Gasteiger partial charge in [-0.2, -0.15) is 0 Å². The van der Waals surface area contributed by atoms with Crippen molar-refractivity contribution in [2.75, 3.05) is 24.3 Å². The molecule has 1 aliphatic carbocycles. The topological polar surface area (TPSA) is 70.7 Å². The molecule has 1 aliphatic rings. The van der Waals surface area contributed by atoms with Gasteiger partial charge in [0.2, 0.25) is 11.8 Å². The number of rotatable bonds is 8. The lowest BCUT2D eigenvalue weighted by Gasteiger charge is -2.22. The van der Waals surface area contributed by atoms with Gasteiger partial charge in [0, 0.05) is 36.8 Å². The number of nitrogens with zero attached hydrogens (tertiary/aromatic N) is 1. The van der Waals surface area contributed by atoms with Crippen LogP contribution in [0.2, 0.25) is 0 Å². The molecule has 2 amide bonds. The zero-order valence-corrected chi connectivity index (χ0v) is 16.3. The van der Waals surface area contributed by atoms with E-state index < -0.39 is 11.6 Å². The molecule has 0 aromatic heterocycles. The summed E-state index contributed by atoms with van der Waals surface area (Å²) in [5, 5.41) is 5.44. The summed E-state index contributed by atoms with van der Waals surface area (Å²) in [6, 6.07) is 8.58. The molecule has 0 spiro atoms. The molecule has 1 fully saturated rings. The molecule has 2 aromatic carbocycles. The molecule has 2 aromatic rings. The van der Waals surface area contributed by atoms with Crippen LogP contribution in [0.25, 0.3) is 0 Å². The first-order chi connectivity index (χ1) is 13.9. The van der Waals surface area contributed by atoms with Crippen molar-refractivity contribution in [3.05, 3.63) is 53.6 Å². The van der Waals surface area contributed by atoms with Crippen LogP contribution >= 0.6 is 0 Å². The van der Waals surface area contributed by atoms with Gasteiger partial charge in [0.25, 0.3) is 0 Å². The first-order valence-electron chi connectivity index (χ1n) is 9.29. The van der Waals surface area contributed by atoms with E-state index >= 15 is 0 Å². The fourth-order valence-corrected chi connectivity index (χ4v) is 3.08. The quantitative estimate of drug-likeness (QED) is 0.707. The van der Waals surface area contributed by atoms with Gasteiger partial charge in [-0.05, 0) is 37.1 Å². The van der Waals surface area contributed by atoms with Crippen molar-refractivity contribution in [3.63, 3.8) is 0 Å². The van der Waals surface area contributed by atoms with Crippen molar-refractivity contribution in [1.82, 2.24) is 4.90 Å². The lowest BCUT2D eigenvalue weighted by atomic mass is 10.2. The van der Waals surface area contributed by atoms with Gasteiger partial charge in [-0.1, -0.05) is 6.07 Å². The molecule has 0 bridgehead atoms. The Morgan fingerprint density at radius 3 is 2.52 bits per heavy atom. The second-order valence-corrected chi connectivity index (χ2v) is 7.02. The maximum absolute atomic E-state index is 14.0. The Bertz CT molecular complexity index is 916. The summed E-state index contributed by atoms with van der Waals surface area (Å²) in [5.41, 5.74) is 1.30. The summed E-state index contributed by atoms with van der Waals surface area (Å²) >= 11 is 0. The van der Waals surface area contributed by atoms with Crippen LogP contribution in [0.3, 0.4) is 0 Å². The number of carbonyl (C=O) groups is 2. The number of amides is 2. The third-order valence-electron chi connectivity index (χ3n) is 4.59. The number of nitrogens with one attached hydrogen (secondary N) is 2. The number of hydrogen-bond acceptors (Lipinski definition) is 4. The molecule has 2 N–H and O–H groups in total. The summed E-state index contributed by atoms with van der Waals surface area (Å²) in [6.45, 7) is 1.66. The first kappa shape index (κ1) is 20.7. The molecule has 0 aliphatic heterocycles. The molecule has 29 heavy (non-hydrogen) atoms. The van der Waals surface area contributed by atoms with E-state index in [-0.39, 0.29) is 30.9 Å². The number of ether oxygens (including phenoxy) is 1. The van der Waals surface area contributed by atoms with Crippen LogP contribution in [-0.2, 0) is 16.1 Å². The second-order valence-electron chi connectivity index (χ2n) is 7.02. The third-order valence-corrected chi connectivity index (χ3v) is 4.59. The summed E-state index contributed by atoms with van der Waals surface area (Å²) < 4.78 is 32.4. The molecule has 0 atom stereocenters. The normalized spacial score (nSPS) is 13.3. The summed E-state index contributed by atoms with van der Waals surface area (Å²) in [6.07, 6.45) is 1.86. The number of benzene rings is 2. The van der Waals surface area contributed by atoms with Gasteiger partial charge < -0.3 is 15.4 Å². The van der Waals surface area contributed by atoms with Crippen LogP contribution in [0.5, 0.6) is 5.75 Å². The fraction of sp³-hybridized carbons (Fsp3) is 0.333. The minimum absolute atomic E-state index is 0.0506. The van der Waals surface area contributed by atoms with Crippen molar-refractivity contribution < 1.29 is 23.1 Å². The Kier molecular flexibility index (Phi) is 6.43. The van der Waals surface area contributed by atoms with E-state index in [0.29, 0.717) is 22.7 Å². The Balaban J connectivity index is 1.70. The van der Waals surface area contributed by atoms with E-state index in [4.69, 9.17) is 4.74 Å². The molecule has 3 rings (SSSR count). The van der Waals surface area contributed by atoms with Crippen LogP contribution in [0.1, 0.15) is 25.3 Å². The molecule has 8 heteroatoms. The number of hydrogen-bond donors (Lipinski definition) is 2. The summed E-state index contributed by atoms with van der Waals surface area (Å²) in [7, 11) is 1.48. The number of carbonyl (C=O) groups excluding carboxylic acids is 2. The van der Waals surface area contributed by atoms with Gasteiger partial charge >= 0.3 is 0 Å². The smallest absolute Gasteiger partial charge is 0.238 e. The fourth-order valence-electron chi connectivity index (χ4n) is 3.08. The number of methoxy groups -OCH3 is 1. The summed E-state index contributed by atoms with van der Waals surface area (Å²) in [4.78, 5) is 25.8. The highest BCUT2D eigenvalue weighted by atomic mass is 19.1. The van der Waals surface area contributed by atoms with Crippen LogP contribution in [0.15, 0.2) is 36.4 Å². The van der Waals surface area contributed by atoms with Crippen molar-refractivity contribution in [1.29, 1.82) is 0 Å². The zero-order valence-electron chi connectivity index (χ0n) is 16.3. The minimum atomic E-state index is -0.631. The van der Waals surface area contributed by atoms with Crippen molar-refractivity contribution in [2.45, 2.75) is 32.4 Å². The van der Waals surface area contributed by atoms with Crippen molar-refractivity contribution in [3.8, 4) is 5.75 Å². The van der Waals surface area contributed by atoms with Gasteiger partial charge in [-0.25, -0.2) is 8.78 Å². The standard InChI is InChI=1S/C21H23F2N3O3/c1-13(27)24-16-5-8-20(29-2)19(10-16)25-21(28)12-26(17-6-7-17)11-14-3-4-15(22)9-18(14)23/h3-5,8-10,17H,6-7,11-12H2,1-2H3,(H,24,27)(H,25,28). The van der Waals surface area contributed by atoms with Crippen molar-refractivity contribution in [2.24, 2.45) is 0 Å². The molecule has 6 nitrogen and oxygen atoms in total. The van der Waals surface area contributed by atoms with Crippen LogP contribution < -0.4 is 15.4 Å². The summed E-state index contributed by atoms with van der Waals surface area (Å²) in [5.74, 6) is -1.32. The van der Waals surface area contributed by atoms with Gasteiger partial charge in [0.05, 0.1) is 19.3 Å². The molecule has 0 heterocycles. The molecule has 154 valence electrons. The Morgan fingerprint density at radius 1 is 1.14 bits per heavy atom. The van der Waals surface area contributed by atoms with E-state index in [9.17, 15) is 18.4 Å². The maximum Gasteiger partial charge on any atom is 0.238 e. The Labute approximate surface area is 167 Å². The van der Waals surface area contributed by atoms with Gasteiger partial charge in [-0.3, -0.25) is 14.5 Å². The molecular weight excluding hydrogens is 380 g/mol. The van der Waals surface area contributed by atoms with Crippen molar-refractivity contribution >= 4 is 23.2 Å². The predicted molar refractivity (Wildman–Crippen MR) is 106 cm³/mol. The van der Waals surface area contributed by atoms with E-state index in [2.05, 4.69) is 10.6 Å². The molecular formula is C21H23F2N3O3. The predicted octanol–water partition coefficient (Wildman–Crippen LogP) is 3.53. The van der Waals surface area contributed by atoms with Crippen LogP contribution in [-0.4, -0.2) is 36.4 Å². The highest BCUT2D eigenvalue weighted by molar-refractivity contribution is 5.95. The van der Waals surface area contributed by atoms with E-state index in [1.165, 1.54) is 26.2 Å². The minimum Gasteiger partial charge on any atom is -0.495 e. The number of anilines is 2. The highest BCUT2D eigenvalue weighted by Crippen LogP contribution is 2.30. The second kappa shape index (κ2) is 9.00. The Morgan fingerprint density at radius 2 is 1.90 bits per heavy atom. The zero-order chi connectivity index (χ0) is 21.0. The van der Waals surface area contributed by atoms with Crippen LogP contribution in [0, 0.1) is 11.6 Å². The van der Waals surface area contributed by atoms with E-state index in [0.717, 1.165) is 18.9 Å². The molecule has 0 unspecified atom stereocenters.